The summed E-state index contributed by atoms with van der Waals surface area (Å²) in [4.78, 5) is 0. The SMILES string of the molecule is COc1c(-c2ccc(Cl)cc2Cl)cccc1C(F)(F)F. The molecule has 0 aliphatic rings. The van der Waals surface area contributed by atoms with E-state index in [0.717, 1.165) is 6.07 Å². The summed E-state index contributed by atoms with van der Waals surface area (Å²) in [6.07, 6.45) is -4.50. The first-order valence-electron chi connectivity index (χ1n) is 5.54. The van der Waals surface area contributed by atoms with E-state index in [4.69, 9.17) is 27.9 Å². The van der Waals surface area contributed by atoms with Crippen molar-refractivity contribution < 1.29 is 17.9 Å². The van der Waals surface area contributed by atoms with E-state index in [1.807, 2.05) is 0 Å². The molecular weight excluding hydrogens is 312 g/mol. The second-order valence-corrected chi connectivity index (χ2v) is 4.85. The molecule has 2 aromatic carbocycles. The largest absolute Gasteiger partial charge is 0.495 e. The quantitative estimate of drug-likeness (QED) is 0.690. The van der Waals surface area contributed by atoms with Crippen LogP contribution in [0.3, 0.4) is 0 Å². The van der Waals surface area contributed by atoms with Crippen molar-refractivity contribution in [2.24, 2.45) is 0 Å². The van der Waals surface area contributed by atoms with E-state index in [-0.39, 0.29) is 16.3 Å². The first-order valence-corrected chi connectivity index (χ1v) is 6.30. The Kier molecular flexibility index (Phi) is 4.16. The average molecular weight is 321 g/mol. The van der Waals surface area contributed by atoms with Gasteiger partial charge in [-0.25, -0.2) is 0 Å². The van der Waals surface area contributed by atoms with Gasteiger partial charge >= 0.3 is 6.18 Å². The summed E-state index contributed by atoms with van der Waals surface area (Å²) >= 11 is 11.8. The molecule has 106 valence electrons. The zero-order valence-electron chi connectivity index (χ0n) is 10.3. The summed E-state index contributed by atoms with van der Waals surface area (Å²) in [5.41, 5.74) is -0.147. The molecule has 0 atom stereocenters. The van der Waals surface area contributed by atoms with Crippen molar-refractivity contribution in [2.45, 2.75) is 6.18 Å². The third-order valence-corrected chi connectivity index (χ3v) is 3.29. The monoisotopic (exact) mass is 320 g/mol. The fraction of sp³-hybridized carbons (Fsp3) is 0.143. The second-order valence-electron chi connectivity index (χ2n) is 4.01. The Morgan fingerprint density at radius 1 is 1.00 bits per heavy atom. The van der Waals surface area contributed by atoms with Gasteiger partial charge in [0.25, 0.3) is 0 Å². The van der Waals surface area contributed by atoms with E-state index in [1.165, 1.54) is 25.3 Å². The van der Waals surface area contributed by atoms with Crippen LogP contribution >= 0.6 is 23.2 Å². The summed E-state index contributed by atoms with van der Waals surface area (Å²) in [5.74, 6) is -0.260. The first-order chi connectivity index (χ1) is 9.34. The number of benzene rings is 2. The van der Waals surface area contributed by atoms with Crippen LogP contribution in [-0.2, 0) is 6.18 Å². The summed E-state index contributed by atoms with van der Waals surface area (Å²) < 4.78 is 43.8. The minimum absolute atomic E-state index is 0.259. The highest BCUT2D eigenvalue weighted by Gasteiger charge is 2.35. The summed E-state index contributed by atoms with van der Waals surface area (Å²) in [6.45, 7) is 0. The highest BCUT2D eigenvalue weighted by atomic mass is 35.5. The smallest absolute Gasteiger partial charge is 0.419 e. The topological polar surface area (TPSA) is 9.23 Å². The average Bonchev–Trinajstić information content (AvgIpc) is 2.37. The predicted molar refractivity (Wildman–Crippen MR) is 73.5 cm³/mol. The van der Waals surface area contributed by atoms with Crippen molar-refractivity contribution in [2.75, 3.05) is 7.11 Å². The van der Waals surface area contributed by atoms with Gasteiger partial charge in [-0.05, 0) is 18.2 Å². The van der Waals surface area contributed by atoms with Gasteiger partial charge in [0, 0.05) is 16.1 Å². The molecule has 0 fully saturated rings. The number of para-hydroxylation sites is 1. The minimum atomic E-state index is -4.50. The van der Waals surface area contributed by atoms with Crippen LogP contribution in [0, 0.1) is 0 Å². The summed E-state index contributed by atoms with van der Waals surface area (Å²) in [5, 5.41) is 0.666. The molecule has 1 nitrogen and oxygen atoms in total. The molecule has 0 aliphatic heterocycles. The van der Waals surface area contributed by atoms with Gasteiger partial charge in [0.1, 0.15) is 5.75 Å². The van der Waals surface area contributed by atoms with Crippen molar-refractivity contribution in [1.29, 1.82) is 0 Å². The van der Waals surface area contributed by atoms with Gasteiger partial charge in [-0.3, -0.25) is 0 Å². The molecule has 0 radical (unpaired) electrons. The molecule has 0 N–H and O–H groups in total. The van der Waals surface area contributed by atoms with Gasteiger partial charge in [0.15, 0.2) is 0 Å². The van der Waals surface area contributed by atoms with Crippen LogP contribution in [0.4, 0.5) is 13.2 Å². The van der Waals surface area contributed by atoms with E-state index >= 15 is 0 Å². The summed E-state index contributed by atoms with van der Waals surface area (Å²) in [6, 6.07) is 8.38. The Bertz CT molecular complexity index is 639. The highest BCUT2D eigenvalue weighted by molar-refractivity contribution is 6.36. The number of rotatable bonds is 2. The fourth-order valence-corrected chi connectivity index (χ4v) is 2.41. The van der Waals surface area contributed by atoms with Gasteiger partial charge in [-0.1, -0.05) is 41.4 Å². The maximum atomic E-state index is 13.0. The van der Waals surface area contributed by atoms with Crippen molar-refractivity contribution in [3.63, 3.8) is 0 Å². The van der Waals surface area contributed by atoms with E-state index in [2.05, 4.69) is 0 Å². The lowest BCUT2D eigenvalue weighted by atomic mass is 10.0. The molecule has 6 heteroatoms. The molecule has 0 saturated carbocycles. The van der Waals surface area contributed by atoms with Gasteiger partial charge in [-0.15, -0.1) is 0 Å². The molecule has 0 amide bonds. The van der Waals surface area contributed by atoms with Crippen LogP contribution in [0.5, 0.6) is 5.75 Å². The zero-order valence-corrected chi connectivity index (χ0v) is 11.8. The molecule has 0 heterocycles. The second kappa shape index (κ2) is 5.54. The number of alkyl halides is 3. The molecule has 0 bridgehead atoms. The van der Waals surface area contributed by atoms with E-state index in [1.54, 1.807) is 12.1 Å². The molecule has 0 unspecified atom stereocenters. The number of hydrogen-bond acceptors (Lipinski definition) is 1. The van der Waals surface area contributed by atoms with Gasteiger partial charge < -0.3 is 4.74 Å². The van der Waals surface area contributed by atoms with Crippen LogP contribution in [0.1, 0.15) is 5.56 Å². The standard InChI is InChI=1S/C14H9Cl2F3O/c1-20-13-10(3-2-4-11(13)14(17,18)19)9-6-5-8(15)7-12(9)16/h2-7H,1H3. The Balaban J connectivity index is 2.69. The van der Waals surface area contributed by atoms with Gasteiger partial charge in [0.2, 0.25) is 0 Å². The van der Waals surface area contributed by atoms with Crippen molar-refractivity contribution in [3.05, 3.63) is 52.0 Å². The molecule has 0 aromatic heterocycles. The van der Waals surface area contributed by atoms with E-state index in [0.29, 0.717) is 10.6 Å². The summed E-state index contributed by atoms with van der Waals surface area (Å²) in [7, 11) is 1.19. The van der Waals surface area contributed by atoms with Crippen molar-refractivity contribution >= 4 is 23.2 Å². The Morgan fingerprint density at radius 3 is 2.25 bits per heavy atom. The van der Waals surface area contributed by atoms with Crippen molar-refractivity contribution in [3.8, 4) is 16.9 Å². The highest BCUT2D eigenvalue weighted by Crippen LogP contribution is 2.43. The number of ether oxygens (including phenoxy) is 1. The van der Waals surface area contributed by atoms with Crippen LogP contribution in [0.25, 0.3) is 11.1 Å². The molecule has 0 saturated heterocycles. The fourth-order valence-electron chi connectivity index (χ4n) is 1.90. The molecular formula is C14H9Cl2F3O. The lowest BCUT2D eigenvalue weighted by Gasteiger charge is -2.16. The van der Waals surface area contributed by atoms with Crippen LogP contribution in [0.2, 0.25) is 10.0 Å². The molecule has 0 spiro atoms. The van der Waals surface area contributed by atoms with E-state index < -0.39 is 11.7 Å². The van der Waals surface area contributed by atoms with Crippen molar-refractivity contribution in [1.82, 2.24) is 0 Å². The lowest BCUT2D eigenvalue weighted by molar-refractivity contribution is -0.138. The third kappa shape index (κ3) is 2.86. The minimum Gasteiger partial charge on any atom is -0.495 e. The van der Waals surface area contributed by atoms with Crippen LogP contribution in [-0.4, -0.2) is 7.11 Å². The molecule has 0 aliphatic carbocycles. The number of methoxy groups -OCH3 is 1. The van der Waals surface area contributed by atoms with Crippen LogP contribution < -0.4 is 4.74 Å². The molecule has 2 rings (SSSR count). The molecule has 20 heavy (non-hydrogen) atoms. The van der Waals surface area contributed by atoms with Gasteiger partial charge in [-0.2, -0.15) is 13.2 Å². The lowest BCUT2D eigenvalue weighted by Crippen LogP contribution is -2.08. The Hall–Kier alpha value is -1.39. The number of halogens is 5. The van der Waals surface area contributed by atoms with E-state index in [9.17, 15) is 13.2 Å². The normalized spacial score (nSPS) is 11.5. The predicted octanol–water partition coefficient (Wildman–Crippen LogP) is 5.69. The zero-order chi connectivity index (χ0) is 14.9. The number of hydrogen-bond donors (Lipinski definition) is 0. The third-order valence-electron chi connectivity index (χ3n) is 2.75. The first kappa shape index (κ1) is 15.0. The Labute approximate surface area is 123 Å². The molecule has 2 aromatic rings. The Morgan fingerprint density at radius 2 is 1.70 bits per heavy atom. The maximum absolute atomic E-state index is 13.0. The van der Waals surface area contributed by atoms with Crippen LogP contribution in [0.15, 0.2) is 36.4 Å². The van der Waals surface area contributed by atoms with Gasteiger partial charge in [0.05, 0.1) is 17.7 Å². The maximum Gasteiger partial charge on any atom is 0.419 e.